The highest BCUT2D eigenvalue weighted by molar-refractivity contribution is 5.30. The van der Waals surface area contributed by atoms with Crippen molar-refractivity contribution in [3.8, 4) is 0 Å². The maximum atomic E-state index is 13.6. The Kier molecular flexibility index (Phi) is 3.66. The zero-order chi connectivity index (χ0) is 14.2. The van der Waals surface area contributed by atoms with Crippen LogP contribution in [0.15, 0.2) is 18.2 Å². The van der Waals surface area contributed by atoms with Gasteiger partial charge in [0, 0.05) is 30.3 Å². The monoisotopic (exact) mass is 266 g/mol. The molecule has 2 aromatic rings. The standard InChI is InChI=1S/C14H16F2N2O/c1-8-14(9(2)18(3)17-8)13(19)7-10-11(15)5-4-6-12(10)16/h4-6,13,19H,7H2,1-3H3. The number of aliphatic hydroxyl groups excluding tert-OH is 1. The fourth-order valence-electron chi connectivity index (χ4n) is 2.29. The minimum Gasteiger partial charge on any atom is -0.388 e. The van der Waals surface area contributed by atoms with Crippen molar-refractivity contribution in [3.05, 3.63) is 52.3 Å². The molecule has 0 bridgehead atoms. The first-order valence-corrected chi connectivity index (χ1v) is 6.03. The van der Waals surface area contributed by atoms with Gasteiger partial charge < -0.3 is 5.11 Å². The molecule has 1 aromatic carbocycles. The van der Waals surface area contributed by atoms with Crippen LogP contribution >= 0.6 is 0 Å². The van der Waals surface area contributed by atoms with E-state index in [9.17, 15) is 13.9 Å². The van der Waals surface area contributed by atoms with Crippen LogP contribution in [0.2, 0.25) is 0 Å². The largest absolute Gasteiger partial charge is 0.388 e. The van der Waals surface area contributed by atoms with E-state index in [1.807, 2.05) is 6.92 Å². The van der Waals surface area contributed by atoms with Crippen molar-refractivity contribution in [1.29, 1.82) is 0 Å². The highest BCUT2D eigenvalue weighted by atomic mass is 19.1. The van der Waals surface area contributed by atoms with E-state index in [0.29, 0.717) is 11.3 Å². The van der Waals surface area contributed by atoms with E-state index in [2.05, 4.69) is 5.10 Å². The van der Waals surface area contributed by atoms with Gasteiger partial charge in [-0.2, -0.15) is 5.10 Å². The average Bonchev–Trinajstić information content (AvgIpc) is 2.58. The van der Waals surface area contributed by atoms with E-state index in [0.717, 1.165) is 5.69 Å². The second-order valence-corrected chi connectivity index (χ2v) is 4.63. The van der Waals surface area contributed by atoms with E-state index >= 15 is 0 Å². The van der Waals surface area contributed by atoms with Crippen molar-refractivity contribution in [2.75, 3.05) is 0 Å². The minimum atomic E-state index is -0.972. The Labute approximate surface area is 110 Å². The number of hydrogen-bond donors (Lipinski definition) is 1. The number of nitrogens with zero attached hydrogens (tertiary/aromatic N) is 2. The van der Waals surface area contributed by atoms with Crippen LogP contribution in [0.25, 0.3) is 0 Å². The molecule has 5 heteroatoms. The molecule has 0 saturated heterocycles. The summed E-state index contributed by atoms with van der Waals surface area (Å²) >= 11 is 0. The third kappa shape index (κ3) is 2.51. The smallest absolute Gasteiger partial charge is 0.129 e. The van der Waals surface area contributed by atoms with Gasteiger partial charge in [-0.25, -0.2) is 8.78 Å². The van der Waals surface area contributed by atoms with E-state index in [1.54, 1.807) is 18.7 Å². The Morgan fingerprint density at radius 3 is 2.32 bits per heavy atom. The molecule has 0 amide bonds. The second-order valence-electron chi connectivity index (χ2n) is 4.63. The Bertz CT molecular complexity index is 587. The molecule has 0 spiro atoms. The first-order chi connectivity index (χ1) is 8.91. The van der Waals surface area contributed by atoms with E-state index < -0.39 is 17.7 Å². The van der Waals surface area contributed by atoms with Gasteiger partial charge >= 0.3 is 0 Å². The van der Waals surface area contributed by atoms with Crippen molar-refractivity contribution < 1.29 is 13.9 Å². The molecular weight excluding hydrogens is 250 g/mol. The van der Waals surface area contributed by atoms with Gasteiger partial charge in [0.05, 0.1) is 11.8 Å². The summed E-state index contributed by atoms with van der Waals surface area (Å²) in [5.74, 6) is -1.28. The molecule has 3 nitrogen and oxygen atoms in total. The molecule has 0 fully saturated rings. The summed E-state index contributed by atoms with van der Waals surface area (Å²) in [6.07, 6.45) is -1.08. The Morgan fingerprint density at radius 1 is 1.26 bits per heavy atom. The zero-order valence-electron chi connectivity index (χ0n) is 11.1. The van der Waals surface area contributed by atoms with Gasteiger partial charge in [-0.3, -0.25) is 4.68 Å². The van der Waals surface area contributed by atoms with Crippen LogP contribution < -0.4 is 0 Å². The molecule has 2 rings (SSSR count). The van der Waals surface area contributed by atoms with Gasteiger partial charge in [-0.15, -0.1) is 0 Å². The fourth-order valence-corrected chi connectivity index (χ4v) is 2.29. The molecule has 1 heterocycles. The summed E-state index contributed by atoms with van der Waals surface area (Å²) in [4.78, 5) is 0. The lowest BCUT2D eigenvalue weighted by Gasteiger charge is -2.13. The van der Waals surface area contributed by atoms with Crippen molar-refractivity contribution in [2.45, 2.75) is 26.4 Å². The van der Waals surface area contributed by atoms with Crippen molar-refractivity contribution in [3.63, 3.8) is 0 Å². The molecule has 1 N–H and O–H groups in total. The second kappa shape index (κ2) is 5.09. The molecule has 0 radical (unpaired) electrons. The summed E-state index contributed by atoms with van der Waals surface area (Å²) in [5, 5.41) is 14.4. The van der Waals surface area contributed by atoms with Gasteiger partial charge in [0.15, 0.2) is 0 Å². The predicted octanol–water partition coefficient (Wildman–Crippen LogP) is 2.59. The van der Waals surface area contributed by atoms with Gasteiger partial charge in [0.2, 0.25) is 0 Å². The quantitative estimate of drug-likeness (QED) is 0.927. The molecule has 0 aliphatic heterocycles. The highest BCUT2D eigenvalue weighted by Gasteiger charge is 2.21. The van der Waals surface area contributed by atoms with Crippen LogP contribution in [-0.4, -0.2) is 14.9 Å². The number of aromatic nitrogens is 2. The third-order valence-corrected chi connectivity index (χ3v) is 3.36. The van der Waals surface area contributed by atoms with Crippen LogP contribution in [0, 0.1) is 25.5 Å². The molecule has 0 aliphatic carbocycles. The molecule has 0 saturated carbocycles. The Morgan fingerprint density at radius 2 is 1.84 bits per heavy atom. The van der Waals surface area contributed by atoms with Gasteiger partial charge in [-0.05, 0) is 26.0 Å². The van der Waals surface area contributed by atoms with Crippen LogP contribution in [0.5, 0.6) is 0 Å². The first kappa shape index (κ1) is 13.7. The highest BCUT2D eigenvalue weighted by Crippen LogP contribution is 2.26. The summed E-state index contributed by atoms with van der Waals surface area (Å²) in [6, 6.07) is 3.68. The normalized spacial score (nSPS) is 12.7. The lowest BCUT2D eigenvalue weighted by molar-refractivity contribution is 0.174. The summed E-state index contributed by atoms with van der Waals surface area (Å²) in [6.45, 7) is 3.58. The van der Waals surface area contributed by atoms with E-state index in [1.165, 1.54) is 18.2 Å². The summed E-state index contributed by atoms with van der Waals surface area (Å²) in [7, 11) is 1.77. The SMILES string of the molecule is Cc1nn(C)c(C)c1C(O)Cc1c(F)cccc1F. The zero-order valence-corrected chi connectivity index (χ0v) is 11.1. The van der Waals surface area contributed by atoms with Crippen molar-refractivity contribution in [1.82, 2.24) is 9.78 Å². The van der Waals surface area contributed by atoms with Crippen molar-refractivity contribution in [2.24, 2.45) is 7.05 Å². The molecule has 19 heavy (non-hydrogen) atoms. The van der Waals surface area contributed by atoms with Crippen molar-refractivity contribution >= 4 is 0 Å². The first-order valence-electron chi connectivity index (χ1n) is 6.03. The van der Waals surface area contributed by atoms with Gasteiger partial charge in [0.25, 0.3) is 0 Å². The molecule has 1 atom stereocenters. The van der Waals surface area contributed by atoms with Crippen LogP contribution in [-0.2, 0) is 13.5 Å². The number of aryl methyl sites for hydroxylation is 2. The van der Waals surface area contributed by atoms with Crippen LogP contribution in [0.1, 0.15) is 28.6 Å². The lowest BCUT2D eigenvalue weighted by Crippen LogP contribution is -2.08. The minimum absolute atomic E-state index is 0.0994. The van der Waals surface area contributed by atoms with Gasteiger partial charge in [-0.1, -0.05) is 6.07 Å². The Balaban J connectivity index is 2.33. The van der Waals surface area contributed by atoms with Crippen LogP contribution in [0.3, 0.4) is 0 Å². The molecule has 102 valence electrons. The summed E-state index contributed by atoms with van der Waals surface area (Å²) in [5.41, 5.74) is 1.99. The van der Waals surface area contributed by atoms with Crippen LogP contribution in [0.4, 0.5) is 8.78 Å². The number of halogens is 2. The fraction of sp³-hybridized carbons (Fsp3) is 0.357. The number of hydrogen-bond acceptors (Lipinski definition) is 2. The maximum absolute atomic E-state index is 13.6. The molecule has 0 aliphatic rings. The Hall–Kier alpha value is -1.75. The van der Waals surface area contributed by atoms with E-state index in [-0.39, 0.29) is 12.0 Å². The lowest BCUT2D eigenvalue weighted by atomic mass is 9.99. The number of aliphatic hydroxyl groups is 1. The molecular formula is C14H16F2N2O. The maximum Gasteiger partial charge on any atom is 0.129 e. The summed E-state index contributed by atoms with van der Waals surface area (Å²) < 4.78 is 28.8. The molecule has 1 unspecified atom stereocenters. The number of benzene rings is 1. The molecule has 1 aromatic heterocycles. The van der Waals surface area contributed by atoms with Gasteiger partial charge in [0.1, 0.15) is 11.6 Å². The number of rotatable bonds is 3. The van der Waals surface area contributed by atoms with E-state index in [4.69, 9.17) is 0 Å². The average molecular weight is 266 g/mol. The third-order valence-electron chi connectivity index (χ3n) is 3.36. The predicted molar refractivity (Wildman–Crippen MR) is 67.7 cm³/mol. The topological polar surface area (TPSA) is 38.0 Å².